The fraction of sp³-hybridized carbons (Fsp3) is 0.355. The lowest BCUT2D eigenvalue weighted by Gasteiger charge is -2.32. The molecule has 0 fully saturated rings. The number of carbonyl (C=O) groups is 2. The predicted octanol–water partition coefficient (Wildman–Crippen LogP) is 6.09. The highest BCUT2D eigenvalue weighted by atomic mass is 35.5. The highest BCUT2D eigenvalue weighted by molar-refractivity contribution is 7.92. The van der Waals surface area contributed by atoms with E-state index in [1.54, 1.807) is 47.4 Å². The third-order valence-corrected chi connectivity index (χ3v) is 8.43. The molecule has 220 valence electrons. The van der Waals surface area contributed by atoms with Crippen molar-refractivity contribution >= 4 is 50.7 Å². The largest absolute Gasteiger partial charge is 0.352 e. The van der Waals surface area contributed by atoms with Crippen LogP contribution in [0, 0.1) is 0 Å². The van der Waals surface area contributed by atoms with E-state index in [4.69, 9.17) is 23.2 Å². The van der Waals surface area contributed by atoms with Gasteiger partial charge in [0.25, 0.3) is 0 Å². The normalized spacial score (nSPS) is 12.8. The van der Waals surface area contributed by atoms with Crippen LogP contribution in [0.1, 0.15) is 44.2 Å². The summed E-state index contributed by atoms with van der Waals surface area (Å²) in [6.07, 6.45) is 2.48. The van der Waals surface area contributed by atoms with Crippen LogP contribution in [-0.2, 0) is 32.6 Å². The number of hydrogen-bond donors (Lipinski definition) is 1. The minimum Gasteiger partial charge on any atom is -0.352 e. The third-order valence-electron chi connectivity index (χ3n) is 6.76. The highest BCUT2D eigenvalue weighted by Crippen LogP contribution is 2.23. The minimum atomic E-state index is -3.62. The molecule has 0 saturated heterocycles. The molecule has 7 nitrogen and oxygen atoms in total. The van der Waals surface area contributed by atoms with Gasteiger partial charge in [-0.2, -0.15) is 0 Å². The zero-order valence-electron chi connectivity index (χ0n) is 23.6. The number of anilines is 1. The van der Waals surface area contributed by atoms with Crippen LogP contribution < -0.4 is 9.62 Å². The van der Waals surface area contributed by atoms with Gasteiger partial charge < -0.3 is 10.2 Å². The molecule has 0 aliphatic carbocycles. The van der Waals surface area contributed by atoms with Crippen molar-refractivity contribution in [3.63, 3.8) is 0 Å². The second-order valence-corrected chi connectivity index (χ2v) is 12.9. The number of nitrogens with zero attached hydrogens (tertiary/aromatic N) is 2. The van der Waals surface area contributed by atoms with Crippen molar-refractivity contribution in [1.29, 1.82) is 0 Å². The molecule has 0 unspecified atom stereocenters. The molecule has 0 heterocycles. The maximum atomic E-state index is 13.9. The number of halogens is 2. The number of hydrogen-bond acceptors (Lipinski definition) is 4. The Morgan fingerprint density at radius 2 is 1.54 bits per heavy atom. The summed E-state index contributed by atoms with van der Waals surface area (Å²) >= 11 is 12.3. The van der Waals surface area contributed by atoms with Crippen LogP contribution >= 0.6 is 23.2 Å². The minimum absolute atomic E-state index is 0.0368. The smallest absolute Gasteiger partial charge is 0.243 e. The van der Waals surface area contributed by atoms with Crippen LogP contribution in [0.4, 0.5) is 5.69 Å². The van der Waals surface area contributed by atoms with E-state index in [1.165, 1.54) is 4.31 Å². The topological polar surface area (TPSA) is 86.8 Å². The van der Waals surface area contributed by atoms with Crippen LogP contribution in [0.25, 0.3) is 0 Å². The fourth-order valence-electron chi connectivity index (χ4n) is 4.46. The van der Waals surface area contributed by atoms with E-state index in [1.807, 2.05) is 50.2 Å². The van der Waals surface area contributed by atoms with Crippen molar-refractivity contribution in [2.45, 2.75) is 58.2 Å². The molecule has 3 aromatic carbocycles. The molecule has 3 aromatic rings. The van der Waals surface area contributed by atoms with E-state index < -0.39 is 16.1 Å². The zero-order valence-corrected chi connectivity index (χ0v) is 25.9. The van der Waals surface area contributed by atoms with Crippen molar-refractivity contribution in [1.82, 2.24) is 10.2 Å². The predicted molar refractivity (Wildman–Crippen MR) is 167 cm³/mol. The Labute approximate surface area is 253 Å². The molecule has 0 aromatic heterocycles. The zero-order chi connectivity index (χ0) is 30.0. The van der Waals surface area contributed by atoms with Gasteiger partial charge in [0.05, 0.1) is 11.9 Å². The van der Waals surface area contributed by atoms with Crippen LogP contribution in [0.5, 0.6) is 0 Å². The quantitative estimate of drug-likeness (QED) is 0.237. The molecule has 10 heteroatoms. The number of benzene rings is 3. The first-order chi connectivity index (χ1) is 19.5. The van der Waals surface area contributed by atoms with E-state index in [0.717, 1.165) is 23.8 Å². The first-order valence-corrected chi connectivity index (χ1v) is 16.2. The van der Waals surface area contributed by atoms with Gasteiger partial charge in [0.2, 0.25) is 21.8 Å². The number of sulfonamides is 1. The summed E-state index contributed by atoms with van der Waals surface area (Å²) in [4.78, 5) is 29.1. The Hall–Kier alpha value is -3.07. The number of carbonyl (C=O) groups excluding carboxylic acids is 2. The van der Waals surface area contributed by atoms with Crippen molar-refractivity contribution in [2.24, 2.45) is 0 Å². The lowest BCUT2D eigenvalue weighted by atomic mass is 10.0. The summed E-state index contributed by atoms with van der Waals surface area (Å²) in [7, 11) is -3.62. The van der Waals surface area contributed by atoms with Gasteiger partial charge in [-0.05, 0) is 61.2 Å². The van der Waals surface area contributed by atoms with Gasteiger partial charge in [-0.15, -0.1) is 0 Å². The Kier molecular flexibility index (Phi) is 12.1. The van der Waals surface area contributed by atoms with Crippen LogP contribution in [0.3, 0.4) is 0 Å². The van der Waals surface area contributed by atoms with Crippen molar-refractivity contribution in [3.05, 3.63) is 100 Å². The molecular weight excluding hydrogens is 581 g/mol. The molecule has 0 spiro atoms. The fourth-order valence-corrected chi connectivity index (χ4v) is 5.82. The van der Waals surface area contributed by atoms with Gasteiger partial charge in [-0.25, -0.2) is 8.42 Å². The average molecular weight is 619 g/mol. The van der Waals surface area contributed by atoms with Gasteiger partial charge in [0, 0.05) is 42.0 Å². The molecule has 0 aliphatic rings. The van der Waals surface area contributed by atoms with Crippen LogP contribution in [0.2, 0.25) is 10.0 Å². The van der Waals surface area contributed by atoms with E-state index in [0.29, 0.717) is 22.2 Å². The van der Waals surface area contributed by atoms with Crippen molar-refractivity contribution in [3.8, 4) is 0 Å². The van der Waals surface area contributed by atoms with Gasteiger partial charge in [0.1, 0.15) is 6.04 Å². The van der Waals surface area contributed by atoms with Gasteiger partial charge >= 0.3 is 0 Å². The second kappa shape index (κ2) is 15.2. The van der Waals surface area contributed by atoms with Gasteiger partial charge in [-0.1, -0.05) is 78.7 Å². The lowest BCUT2D eigenvalue weighted by Crippen LogP contribution is -2.52. The Balaban J connectivity index is 1.89. The average Bonchev–Trinajstić information content (AvgIpc) is 2.92. The Bertz CT molecular complexity index is 1420. The third kappa shape index (κ3) is 10.1. The summed E-state index contributed by atoms with van der Waals surface area (Å²) in [6, 6.07) is 22.5. The summed E-state index contributed by atoms with van der Waals surface area (Å²) in [5.41, 5.74) is 2.14. The molecule has 1 N–H and O–H groups in total. The summed E-state index contributed by atoms with van der Waals surface area (Å²) < 4.78 is 26.4. The molecule has 2 atom stereocenters. The van der Waals surface area contributed by atoms with Gasteiger partial charge in [0.15, 0.2) is 0 Å². The second-order valence-electron chi connectivity index (χ2n) is 10.1. The standard InChI is InChI=1S/C31H37Cl2N3O4S/c1-4-23(2)34-31(38)29(20-24-11-6-5-7-12-24)35(22-25-13-8-14-26(32)19-25)30(37)17-10-18-36(41(3,39)40)28-16-9-15-27(33)21-28/h5-9,11-16,19,21,23,29H,4,10,17-18,20,22H2,1-3H3,(H,34,38)/t23-,29-/m0/s1. The highest BCUT2D eigenvalue weighted by Gasteiger charge is 2.31. The Morgan fingerprint density at radius 3 is 2.15 bits per heavy atom. The molecule has 0 saturated carbocycles. The molecule has 2 amide bonds. The summed E-state index contributed by atoms with van der Waals surface area (Å²) in [5.74, 6) is -0.500. The molecule has 3 rings (SSSR count). The monoisotopic (exact) mass is 617 g/mol. The summed E-state index contributed by atoms with van der Waals surface area (Å²) in [6.45, 7) is 4.17. The van der Waals surface area contributed by atoms with Crippen LogP contribution in [0.15, 0.2) is 78.9 Å². The van der Waals surface area contributed by atoms with Crippen LogP contribution in [-0.4, -0.2) is 50.0 Å². The first kappa shape index (κ1) is 32.4. The molecular formula is C31H37Cl2N3O4S. The lowest BCUT2D eigenvalue weighted by molar-refractivity contribution is -0.141. The molecule has 41 heavy (non-hydrogen) atoms. The van der Waals surface area contributed by atoms with Crippen molar-refractivity contribution in [2.75, 3.05) is 17.1 Å². The number of rotatable bonds is 14. The maximum absolute atomic E-state index is 13.9. The number of amides is 2. The Morgan fingerprint density at radius 1 is 0.902 bits per heavy atom. The first-order valence-electron chi connectivity index (χ1n) is 13.6. The number of nitrogens with one attached hydrogen (secondary N) is 1. The van der Waals surface area contributed by atoms with E-state index >= 15 is 0 Å². The van der Waals surface area contributed by atoms with E-state index in [-0.39, 0.29) is 43.8 Å². The molecule has 0 aliphatic heterocycles. The van der Waals surface area contributed by atoms with Crippen molar-refractivity contribution < 1.29 is 18.0 Å². The summed E-state index contributed by atoms with van der Waals surface area (Å²) in [5, 5.41) is 3.99. The van der Waals surface area contributed by atoms with Gasteiger partial charge in [-0.3, -0.25) is 13.9 Å². The van der Waals surface area contributed by atoms with E-state index in [2.05, 4.69) is 5.32 Å². The molecule has 0 bridgehead atoms. The maximum Gasteiger partial charge on any atom is 0.243 e. The van der Waals surface area contributed by atoms with E-state index in [9.17, 15) is 18.0 Å². The molecule has 0 radical (unpaired) electrons. The SMILES string of the molecule is CC[C@H](C)NC(=O)[C@H](Cc1ccccc1)N(Cc1cccc(Cl)c1)C(=O)CCCN(c1cccc(Cl)c1)S(C)(=O)=O.